The Balaban J connectivity index is 1.83. The predicted octanol–water partition coefficient (Wildman–Crippen LogP) is 3.63. The first-order valence-electron chi connectivity index (χ1n) is 8.19. The second-order valence-electron chi connectivity index (χ2n) is 6.59. The first kappa shape index (κ1) is 15.7. The van der Waals surface area contributed by atoms with Crippen molar-refractivity contribution in [2.24, 2.45) is 0 Å². The third-order valence-electron chi connectivity index (χ3n) is 4.56. The van der Waals surface area contributed by atoms with Crippen molar-refractivity contribution >= 4 is 5.91 Å². The molecule has 1 heterocycles. The zero-order valence-corrected chi connectivity index (χ0v) is 14.2. The maximum Gasteiger partial charge on any atom is 0.255 e. The third kappa shape index (κ3) is 3.11. The van der Waals surface area contributed by atoms with Gasteiger partial charge in [0.1, 0.15) is 5.82 Å². The number of nitrogens with one attached hydrogen (secondary N) is 1. The van der Waals surface area contributed by atoms with Gasteiger partial charge in [0, 0.05) is 6.20 Å². The summed E-state index contributed by atoms with van der Waals surface area (Å²) < 4.78 is 0. The highest BCUT2D eigenvalue weighted by atomic mass is 16.1. The van der Waals surface area contributed by atoms with Gasteiger partial charge >= 0.3 is 0 Å². The Hall–Kier alpha value is -2.23. The number of hydrogen-bond donors (Lipinski definition) is 1. The van der Waals surface area contributed by atoms with E-state index >= 15 is 0 Å². The molecule has 1 unspecified atom stereocenters. The van der Waals surface area contributed by atoms with Crippen LogP contribution in [0.5, 0.6) is 0 Å². The summed E-state index contributed by atoms with van der Waals surface area (Å²) in [5.41, 5.74) is 5.21. The van der Waals surface area contributed by atoms with E-state index in [1.165, 1.54) is 16.7 Å². The lowest BCUT2D eigenvalue weighted by Gasteiger charge is -2.16. The van der Waals surface area contributed by atoms with Gasteiger partial charge in [0.05, 0.1) is 17.3 Å². The molecule has 4 heteroatoms. The number of carbonyl (C=O) groups excluding carboxylic acids is 1. The molecule has 4 nitrogen and oxygen atoms in total. The standard InChI is InChI=1S/C19H23N3O/c1-11(2)15-6-5-14-7-8-18(16(14)9-15)22-19(23)17-10-20-13(4)21-12(17)3/h5-6,9-11,18H,7-8H2,1-4H3,(H,22,23). The lowest BCUT2D eigenvalue weighted by Crippen LogP contribution is -2.28. The van der Waals surface area contributed by atoms with E-state index in [2.05, 4.69) is 47.3 Å². The van der Waals surface area contributed by atoms with Crippen LogP contribution in [0.25, 0.3) is 0 Å². The van der Waals surface area contributed by atoms with Gasteiger partial charge in [0.25, 0.3) is 5.91 Å². The van der Waals surface area contributed by atoms with Crippen LogP contribution in [0.3, 0.4) is 0 Å². The van der Waals surface area contributed by atoms with Crippen molar-refractivity contribution in [3.63, 3.8) is 0 Å². The average Bonchev–Trinajstić information content (AvgIpc) is 2.89. The third-order valence-corrected chi connectivity index (χ3v) is 4.56. The molecule has 1 N–H and O–H groups in total. The molecule has 0 bridgehead atoms. The number of hydrogen-bond acceptors (Lipinski definition) is 3. The van der Waals surface area contributed by atoms with Crippen molar-refractivity contribution in [2.75, 3.05) is 0 Å². The number of amides is 1. The SMILES string of the molecule is Cc1ncc(C(=O)NC2CCc3ccc(C(C)C)cc32)c(C)n1. The first-order valence-corrected chi connectivity index (χ1v) is 8.19. The molecule has 120 valence electrons. The first-order chi connectivity index (χ1) is 11.0. The molecule has 23 heavy (non-hydrogen) atoms. The molecular weight excluding hydrogens is 286 g/mol. The summed E-state index contributed by atoms with van der Waals surface area (Å²) in [6.45, 7) is 8.06. The molecule has 1 amide bonds. The molecule has 0 radical (unpaired) electrons. The average molecular weight is 309 g/mol. The summed E-state index contributed by atoms with van der Waals surface area (Å²) in [7, 11) is 0. The monoisotopic (exact) mass is 309 g/mol. The van der Waals surface area contributed by atoms with Gasteiger partial charge in [0.2, 0.25) is 0 Å². The molecule has 1 aliphatic rings. The molecule has 2 aromatic rings. The Labute approximate surface area is 137 Å². The molecule has 0 aliphatic heterocycles. The van der Waals surface area contributed by atoms with Crippen LogP contribution in [0, 0.1) is 13.8 Å². The van der Waals surface area contributed by atoms with Crippen molar-refractivity contribution in [3.05, 3.63) is 58.2 Å². The van der Waals surface area contributed by atoms with E-state index in [1.54, 1.807) is 6.20 Å². The maximum absolute atomic E-state index is 12.6. The van der Waals surface area contributed by atoms with Crippen LogP contribution in [-0.4, -0.2) is 15.9 Å². The zero-order chi connectivity index (χ0) is 16.6. The van der Waals surface area contributed by atoms with Crippen LogP contribution >= 0.6 is 0 Å². The number of benzene rings is 1. The van der Waals surface area contributed by atoms with Crippen molar-refractivity contribution in [1.29, 1.82) is 0 Å². The maximum atomic E-state index is 12.6. The Morgan fingerprint density at radius 2 is 2.09 bits per heavy atom. The molecular formula is C19H23N3O. The van der Waals surface area contributed by atoms with Crippen LogP contribution in [0.2, 0.25) is 0 Å². The molecule has 0 saturated heterocycles. The second-order valence-corrected chi connectivity index (χ2v) is 6.59. The fourth-order valence-electron chi connectivity index (χ4n) is 3.17. The lowest BCUT2D eigenvalue weighted by molar-refractivity contribution is 0.0935. The van der Waals surface area contributed by atoms with Gasteiger partial charge in [-0.05, 0) is 49.3 Å². The van der Waals surface area contributed by atoms with Crippen molar-refractivity contribution in [1.82, 2.24) is 15.3 Å². The van der Waals surface area contributed by atoms with Gasteiger partial charge in [-0.25, -0.2) is 9.97 Å². The van der Waals surface area contributed by atoms with E-state index in [1.807, 2.05) is 13.8 Å². The Kier molecular flexibility index (Phi) is 4.16. The van der Waals surface area contributed by atoms with Gasteiger partial charge < -0.3 is 5.32 Å². The van der Waals surface area contributed by atoms with Gasteiger partial charge in [-0.3, -0.25) is 4.79 Å². The Bertz CT molecular complexity index is 752. The Morgan fingerprint density at radius 1 is 1.30 bits per heavy atom. The molecule has 1 atom stereocenters. The molecule has 1 aromatic heterocycles. The number of aryl methyl sites for hydroxylation is 3. The van der Waals surface area contributed by atoms with Gasteiger partial charge in [-0.1, -0.05) is 32.0 Å². The number of nitrogens with zero attached hydrogens (tertiary/aromatic N) is 2. The molecule has 3 rings (SSSR count). The molecule has 0 saturated carbocycles. The van der Waals surface area contributed by atoms with Crippen molar-refractivity contribution in [2.45, 2.75) is 52.5 Å². The highest BCUT2D eigenvalue weighted by Crippen LogP contribution is 2.33. The minimum Gasteiger partial charge on any atom is -0.345 e. The molecule has 1 aliphatic carbocycles. The summed E-state index contributed by atoms with van der Waals surface area (Å²) in [5, 5.41) is 3.16. The fraction of sp³-hybridized carbons (Fsp3) is 0.421. The highest BCUT2D eigenvalue weighted by molar-refractivity contribution is 5.95. The van der Waals surface area contributed by atoms with Gasteiger partial charge in [-0.15, -0.1) is 0 Å². The van der Waals surface area contributed by atoms with Gasteiger partial charge in [-0.2, -0.15) is 0 Å². The van der Waals surface area contributed by atoms with Gasteiger partial charge in [0.15, 0.2) is 0 Å². The van der Waals surface area contributed by atoms with E-state index in [0.29, 0.717) is 17.3 Å². The largest absolute Gasteiger partial charge is 0.345 e. The Morgan fingerprint density at radius 3 is 2.78 bits per heavy atom. The number of rotatable bonds is 3. The number of carbonyl (C=O) groups is 1. The minimum absolute atomic E-state index is 0.0805. The smallest absolute Gasteiger partial charge is 0.255 e. The molecule has 0 spiro atoms. The highest BCUT2D eigenvalue weighted by Gasteiger charge is 2.25. The predicted molar refractivity (Wildman–Crippen MR) is 90.6 cm³/mol. The summed E-state index contributed by atoms with van der Waals surface area (Å²) in [6, 6.07) is 6.73. The summed E-state index contributed by atoms with van der Waals surface area (Å²) in [5.74, 6) is 1.09. The molecule has 0 fully saturated rings. The summed E-state index contributed by atoms with van der Waals surface area (Å²) >= 11 is 0. The quantitative estimate of drug-likeness (QED) is 0.942. The van der Waals surface area contributed by atoms with E-state index in [9.17, 15) is 4.79 Å². The normalized spacial score (nSPS) is 16.5. The second kappa shape index (κ2) is 6.11. The van der Waals surface area contributed by atoms with Crippen molar-refractivity contribution in [3.8, 4) is 0 Å². The summed E-state index contributed by atoms with van der Waals surface area (Å²) in [6.07, 6.45) is 3.59. The fourth-order valence-corrected chi connectivity index (χ4v) is 3.17. The zero-order valence-electron chi connectivity index (χ0n) is 14.2. The van der Waals surface area contributed by atoms with E-state index in [4.69, 9.17) is 0 Å². The van der Waals surface area contributed by atoms with E-state index in [0.717, 1.165) is 18.5 Å². The van der Waals surface area contributed by atoms with E-state index < -0.39 is 0 Å². The van der Waals surface area contributed by atoms with Crippen LogP contribution in [0.1, 0.15) is 70.8 Å². The van der Waals surface area contributed by atoms with Crippen molar-refractivity contribution < 1.29 is 4.79 Å². The number of fused-ring (bicyclic) bond motifs is 1. The number of aromatic nitrogens is 2. The lowest BCUT2D eigenvalue weighted by atomic mass is 9.97. The minimum atomic E-state index is -0.0877. The van der Waals surface area contributed by atoms with E-state index in [-0.39, 0.29) is 11.9 Å². The van der Waals surface area contributed by atoms with Crippen LogP contribution in [0.4, 0.5) is 0 Å². The van der Waals surface area contributed by atoms with Crippen LogP contribution in [0.15, 0.2) is 24.4 Å². The molecule has 1 aromatic carbocycles. The van der Waals surface area contributed by atoms with Crippen LogP contribution < -0.4 is 5.32 Å². The van der Waals surface area contributed by atoms with Crippen LogP contribution in [-0.2, 0) is 6.42 Å². The topological polar surface area (TPSA) is 54.9 Å². The summed E-state index contributed by atoms with van der Waals surface area (Å²) in [4.78, 5) is 21.0.